The van der Waals surface area contributed by atoms with E-state index < -0.39 is 5.97 Å². The molecule has 0 saturated carbocycles. The van der Waals surface area contributed by atoms with Gasteiger partial charge in [0.1, 0.15) is 0 Å². The van der Waals surface area contributed by atoms with E-state index in [0.29, 0.717) is 0 Å². The Hall–Kier alpha value is -2.35. The predicted molar refractivity (Wildman–Crippen MR) is 91.4 cm³/mol. The van der Waals surface area contributed by atoms with Gasteiger partial charge in [-0.3, -0.25) is 4.79 Å². The zero-order valence-electron chi connectivity index (χ0n) is 12.8. The number of rotatable bonds is 0. The fraction of sp³-hybridized carbons (Fsp3) is 0.250. The summed E-state index contributed by atoms with van der Waals surface area (Å²) < 4.78 is 0. The normalized spacial score (nSPS) is 13.3. The van der Waals surface area contributed by atoms with E-state index >= 15 is 0 Å². The molecule has 112 valence electrons. The monoisotopic (exact) mass is 292 g/mol. The Morgan fingerprint density at radius 1 is 0.864 bits per heavy atom. The van der Waals surface area contributed by atoms with Crippen molar-refractivity contribution in [1.82, 2.24) is 0 Å². The van der Waals surface area contributed by atoms with E-state index in [2.05, 4.69) is 48.5 Å². The van der Waals surface area contributed by atoms with Crippen LogP contribution in [-0.4, -0.2) is 11.1 Å². The van der Waals surface area contributed by atoms with Crippen LogP contribution < -0.4 is 0 Å². The van der Waals surface area contributed by atoms with Crippen LogP contribution in [0.3, 0.4) is 0 Å². The third-order valence-electron chi connectivity index (χ3n) is 4.26. The van der Waals surface area contributed by atoms with Crippen LogP contribution in [0.15, 0.2) is 48.5 Å². The number of aliphatic carboxylic acids is 1. The van der Waals surface area contributed by atoms with Gasteiger partial charge in [-0.05, 0) is 58.4 Å². The zero-order chi connectivity index (χ0) is 15.5. The van der Waals surface area contributed by atoms with E-state index in [9.17, 15) is 0 Å². The predicted octanol–water partition coefficient (Wildman–Crippen LogP) is 4.96. The fourth-order valence-electron chi connectivity index (χ4n) is 3.34. The summed E-state index contributed by atoms with van der Waals surface area (Å²) in [5.41, 5.74) is 3.17. The number of aryl methyl sites for hydroxylation is 2. The second-order valence-corrected chi connectivity index (χ2v) is 5.81. The summed E-state index contributed by atoms with van der Waals surface area (Å²) in [6, 6.07) is 18.0. The lowest BCUT2D eigenvalue weighted by molar-refractivity contribution is -0.134. The van der Waals surface area contributed by atoms with Crippen molar-refractivity contribution in [2.75, 3.05) is 0 Å². The number of carboxylic acids is 1. The first-order valence-corrected chi connectivity index (χ1v) is 7.78. The summed E-state index contributed by atoms with van der Waals surface area (Å²) in [5, 5.41) is 13.1. The molecule has 0 unspecified atom stereocenters. The van der Waals surface area contributed by atoms with Gasteiger partial charge >= 0.3 is 0 Å². The van der Waals surface area contributed by atoms with Crippen molar-refractivity contribution in [2.45, 2.75) is 32.6 Å². The largest absolute Gasteiger partial charge is 0.481 e. The third-order valence-corrected chi connectivity index (χ3v) is 4.26. The maximum atomic E-state index is 9.00. The van der Waals surface area contributed by atoms with E-state index in [1.165, 1.54) is 47.2 Å². The standard InChI is InChI=1S/C18H16.C2H4O2/c1-3-7-15-13(5-1)9-11-18-16-8-4-2-6-14(16)10-12-17(15)18;1-2(3)4/h1,3,5,7,9-12H,2,4,6,8H2;1H3,(H,3,4). The molecule has 1 aliphatic carbocycles. The molecular formula is C20H20O2. The highest BCUT2D eigenvalue weighted by atomic mass is 16.4. The number of fused-ring (bicyclic) bond motifs is 5. The molecule has 0 bridgehead atoms. The van der Waals surface area contributed by atoms with Gasteiger partial charge < -0.3 is 5.11 Å². The molecule has 2 nitrogen and oxygen atoms in total. The summed E-state index contributed by atoms with van der Waals surface area (Å²) in [6.45, 7) is 1.08. The number of carboxylic acid groups (broad SMARTS) is 1. The molecular weight excluding hydrogens is 272 g/mol. The molecule has 0 aliphatic heterocycles. The van der Waals surface area contributed by atoms with E-state index in [1.807, 2.05) is 0 Å². The molecule has 2 heteroatoms. The highest BCUT2D eigenvalue weighted by Gasteiger charge is 2.13. The molecule has 3 aromatic rings. The van der Waals surface area contributed by atoms with Crippen LogP contribution in [0.5, 0.6) is 0 Å². The first kappa shape index (κ1) is 14.6. The lowest BCUT2D eigenvalue weighted by Crippen LogP contribution is -2.02. The molecule has 1 N–H and O–H groups in total. The Morgan fingerprint density at radius 3 is 2.36 bits per heavy atom. The van der Waals surface area contributed by atoms with Crippen LogP contribution in [0, 0.1) is 0 Å². The van der Waals surface area contributed by atoms with Crippen LogP contribution >= 0.6 is 0 Å². The Morgan fingerprint density at radius 2 is 1.55 bits per heavy atom. The van der Waals surface area contributed by atoms with Gasteiger partial charge in [0, 0.05) is 6.92 Å². The van der Waals surface area contributed by atoms with Gasteiger partial charge in [-0.1, -0.05) is 48.5 Å². The fourth-order valence-corrected chi connectivity index (χ4v) is 3.34. The summed E-state index contributed by atoms with van der Waals surface area (Å²) in [6.07, 6.45) is 5.22. The minimum absolute atomic E-state index is 0.833. The number of carbonyl (C=O) groups is 1. The minimum atomic E-state index is -0.833. The van der Waals surface area contributed by atoms with Crippen molar-refractivity contribution in [3.8, 4) is 0 Å². The smallest absolute Gasteiger partial charge is 0.300 e. The molecule has 0 saturated heterocycles. The van der Waals surface area contributed by atoms with Crippen LogP contribution in [0.2, 0.25) is 0 Å². The van der Waals surface area contributed by atoms with Crippen molar-refractivity contribution >= 4 is 27.5 Å². The molecule has 0 spiro atoms. The average Bonchev–Trinajstić information content (AvgIpc) is 2.54. The maximum Gasteiger partial charge on any atom is 0.300 e. The highest BCUT2D eigenvalue weighted by Crippen LogP contribution is 2.33. The molecule has 4 rings (SSSR count). The summed E-state index contributed by atoms with van der Waals surface area (Å²) in [7, 11) is 0. The van der Waals surface area contributed by atoms with Crippen LogP contribution in [0.1, 0.15) is 30.9 Å². The number of hydrogen-bond acceptors (Lipinski definition) is 1. The maximum absolute atomic E-state index is 9.00. The molecule has 0 atom stereocenters. The van der Waals surface area contributed by atoms with Crippen molar-refractivity contribution in [3.63, 3.8) is 0 Å². The second kappa shape index (κ2) is 6.18. The Balaban J connectivity index is 0.000000325. The van der Waals surface area contributed by atoms with E-state index in [0.717, 1.165) is 6.92 Å². The van der Waals surface area contributed by atoms with Crippen LogP contribution in [0.25, 0.3) is 21.5 Å². The molecule has 22 heavy (non-hydrogen) atoms. The highest BCUT2D eigenvalue weighted by molar-refractivity contribution is 6.08. The van der Waals surface area contributed by atoms with Crippen molar-refractivity contribution in [2.24, 2.45) is 0 Å². The minimum Gasteiger partial charge on any atom is -0.481 e. The molecule has 3 aromatic carbocycles. The van der Waals surface area contributed by atoms with Gasteiger partial charge in [-0.25, -0.2) is 0 Å². The topological polar surface area (TPSA) is 37.3 Å². The number of hydrogen-bond donors (Lipinski definition) is 1. The van der Waals surface area contributed by atoms with Crippen LogP contribution in [-0.2, 0) is 17.6 Å². The molecule has 0 fully saturated rings. The third kappa shape index (κ3) is 2.82. The van der Waals surface area contributed by atoms with Gasteiger partial charge in [0.15, 0.2) is 0 Å². The van der Waals surface area contributed by atoms with Crippen molar-refractivity contribution in [3.05, 3.63) is 59.7 Å². The van der Waals surface area contributed by atoms with E-state index in [-0.39, 0.29) is 0 Å². The Bertz CT molecular complexity index is 830. The first-order valence-electron chi connectivity index (χ1n) is 7.78. The SMILES string of the molecule is CC(=O)O.c1ccc2c(c1)ccc1c3c(ccc12)CCCC3. The van der Waals surface area contributed by atoms with Gasteiger partial charge in [0.25, 0.3) is 5.97 Å². The average molecular weight is 292 g/mol. The number of benzene rings is 3. The second-order valence-electron chi connectivity index (χ2n) is 5.81. The zero-order valence-corrected chi connectivity index (χ0v) is 12.8. The summed E-state index contributed by atoms with van der Waals surface area (Å²) >= 11 is 0. The quantitative estimate of drug-likeness (QED) is 0.594. The lowest BCUT2D eigenvalue weighted by Gasteiger charge is -2.18. The van der Waals surface area contributed by atoms with Gasteiger partial charge in [0.05, 0.1) is 0 Å². The molecule has 0 radical (unpaired) electrons. The van der Waals surface area contributed by atoms with Gasteiger partial charge in [-0.15, -0.1) is 0 Å². The van der Waals surface area contributed by atoms with Crippen molar-refractivity contribution in [1.29, 1.82) is 0 Å². The van der Waals surface area contributed by atoms with Gasteiger partial charge in [-0.2, -0.15) is 0 Å². The summed E-state index contributed by atoms with van der Waals surface area (Å²) in [4.78, 5) is 9.00. The van der Waals surface area contributed by atoms with Gasteiger partial charge in [0.2, 0.25) is 0 Å². The summed E-state index contributed by atoms with van der Waals surface area (Å²) in [5.74, 6) is -0.833. The molecule has 0 aromatic heterocycles. The molecule has 1 aliphatic rings. The molecule has 0 amide bonds. The van der Waals surface area contributed by atoms with E-state index in [4.69, 9.17) is 9.90 Å². The lowest BCUT2D eigenvalue weighted by atomic mass is 9.86. The Kier molecular flexibility index (Phi) is 4.10. The first-order chi connectivity index (χ1) is 10.7. The van der Waals surface area contributed by atoms with E-state index in [1.54, 1.807) is 11.1 Å². The Labute approximate surface area is 130 Å². The van der Waals surface area contributed by atoms with Crippen LogP contribution in [0.4, 0.5) is 0 Å². The molecule has 0 heterocycles. The van der Waals surface area contributed by atoms with Crippen molar-refractivity contribution < 1.29 is 9.90 Å².